The third-order valence-electron chi connectivity index (χ3n) is 14.1. The van der Waals surface area contributed by atoms with Crippen LogP contribution in [0, 0.1) is 53.3 Å². The van der Waals surface area contributed by atoms with Gasteiger partial charge in [0.2, 0.25) is 11.2 Å². The van der Waals surface area contributed by atoms with Gasteiger partial charge in [-0.15, -0.1) is 0 Å². The fourth-order valence-electron chi connectivity index (χ4n) is 11.1. The van der Waals surface area contributed by atoms with Gasteiger partial charge in [-0.05, 0) is 141 Å². The largest absolute Gasteiger partial charge is 0.482 e. The van der Waals surface area contributed by atoms with Crippen LogP contribution in [0.2, 0.25) is 0 Å². The highest BCUT2D eigenvalue weighted by molar-refractivity contribution is 9.10. The summed E-state index contributed by atoms with van der Waals surface area (Å²) in [4.78, 5) is 26.3. The summed E-state index contributed by atoms with van der Waals surface area (Å²) in [6, 6.07) is 12.2. The summed E-state index contributed by atoms with van der Waals surface area (Å²) < 4.78 is 24.6. The molecule has 286 valence electrons. The van der Waals surface area contributed by atoms with E-state index >= 15 is 0 Å². The van der Waals surface area contributed by atoms with Gasteiger partial charge in [0.25, 0.3) is 0 Å². The van der Waals surface area contributed by atoms with Crippen LogP contribution in [0.4, 0.5) is 0 Å². The average Bonchev–Trinajstić information content (AvgIpc) is 3.12. The molecular weight excluding hydrogens is 728 g/mol. The summed E-state index contributed by atoms with van der Waals surface area (Å²) in [6.45, 7) is 13.9. The van der Waals surface area contributed by atoms with Gasteiger partial charge < -0.3 is 18.6 Å². The van der Waals surface area contributed by atoms with Gasteiger partial charge >= 0.3 is 5.97 Å². The predicted molar refractivity (Wildman–Crippen MR) is 214 cm³/mol. The molecule has 0 unspecified atom stereocenters. The second-order valence-electron chi connectivity index (χ2n) is 18.0. The quantitative estimate of drug-likeness (QED) is 0.142. The maximum absolute atomic E-state index is 13.3. The van der Waals surface area contributed by atoms with Gasteiger partial charge in [0.15, 0.2) is 6.61 Å². The Hall–Kier alpha value is -3.06. The number of benzene rings is 2. The van der Waals surface area contributed by atoms with Gasteiger partial charge in [0, 0.05) is 17.0 Å². The number of carbonyl (C=O) groups excluding carboxylic acids is 1. The summed E-state index contributed by atoms with van der Waals surface area (Å²) in [7, 11) is 0. The van der Waals surface area contributed by atoms with E-state index in [0.29, 0.717) is 33.6 Å². The molecule has 3 aromatic rings. The molecule has 4 aliphatic carbocycles. The molecule has 0 radical (unpaired) electrons. The Morgan fingerprint density at radius 3 is 2.51 bits per heavy atom. The Balaban J connectivity index is 0.932. The van der Waals surface area contributed by atoms with E-state index in [1.54, 1.807) is 37.3 Å². The van der Waals surface area contributed by atoms with Crippen LogP contribution < -0.4 is 14.9 Å². The van der Waals surface area contributed by atoms with E-state index in [4.69, 9.17) is 18.6 Å². The molecule has 0 aliphatic heterocycles. The zero-order chi connectivity index (χ0) is 37.5. The highest BCUT2D eigenvalue weighted by atomic mass is 79.9. The van der Waals surface area contributed by atoms with Crippen molar-refractivity contribution in [3.8, 4) is 17.2 Å². The summed E-state index contributed by atoms with van der Waals surface area (Å²) in [5.74, 6) is 6.03. The maximum atomic E-state index is 13.3. The van der Waals surface area contributed by atoms with Crippen LogP contribution in [0.5, 0.6) is 17.2 Å². The third kappa shape index (κ3) is 8.02. The van der Waals surface area contributed by atoms with Crippen LogP contribution in [-0.4, -0.2) is 18.7 Å². The number of halogens is 1. The van der Waals surface area contributed by atoms with Gasteiger partial charge in [-0.1, -0.05) is 81.5 Å². The smallest absolute Gasteiger partial charge is 0.344 e. The van der Waals surface area contributed by atoms with E-state index in [-0.39, 0.29) is 35.3 Å². The summed E-state index contributed by atoms with van der Waals surface area (Å²) in [5.41, 5.74) is 2.32. The zero-order valence-electron chi connectivity index (χ0n) is 32.7. The van der Waals surface area contributed by atoms with Crippen molar-refractivity contribution in [3.05, 3.63) is 74.6 Å². The van der Waals surface area contributed by atoms with Crippen molar-refractivity contribution in [1.29, 1.82) is 0 Å². The molecule has 0 amide bonds. The lowest BCUT2D eigenvalue weighted by Gasteiger charge is -2.61. The molecule has 2 aromatic carbocycles. The van der Waals surface area contributed by atoms with E-state index in [1.165, 1.54) is 63.4 Å². The van der Waals surface area contributed by atoms with Gasteiger partial charge in [-0.25, -0.2) is 4.79 Å². The Kier molecular flexibility index (Phi) is 11.2. The van der Waals surface area contributed by atoms with Crippen LogP contribution in [0.1, 0.15) is 117 Å². The number of hydrogen-bond acceptors (Lipinski definition) is 6. The van der Waals surface area contributed by atoms with Crippen molar-refractivity contribution in [2.24, 2.45) is 46.3 Å². The van der Waals surface area contributed by atoms with Crippen LogP contribution in [-0.2, 0) is 9.53 Å². The molecule has 53 heavy (non-hydrogen) atoms. The van der Waals surface area contributed by atoms with Crippen molar-refractivity contribution in [2.45, 2.75) is 125 Å². The number of allylic oxidation sites excluding steroid dienone is 1. The van der Waals surface area contributed by atoms with E-state index in [1.807, 2.05) is 12.1 Å². The normalized spacial score (nSPS) is 30.1. The number of ether oxygens (including phenoxy) is 3. The van der Waals surface area contributed by atoms with Gasteiger partial charge in [-0.2, -0.15) is 0 Å². The van der Waals surface area contributed by atoms with Crippen LogP contribution >= 0.6 is 15.9 Å². The molecule has 0 spiro atoms. The topological polar surface area (TPSA) is 75.0 Å². The molecule has 0 bridgehead atoms. The number of fused-ring (bicyclic) bond motifs is 6. The first kappa shape index (κ1) is 38.2. The highest BCUT2D eigenvalue weighted by Crippen LogP contribution is 2.65. The first-order valence-electron chi connectivity index (χ1n) is 20.4. The standard InChI is InChI=1S/C46H59BrO6/c1-28(2)8-7-9-29(3)31-10-19-39-37-17-11-32-24-36(20-23-46(32,6)40(37)21-22-45(39,5)26-31)52-42(48)27-50-35-16-18-38-41(25-35)51-30(4)44(43(38)49)53-34-14-12-33(47)13-15-34/h11-16,18,25,28-29,31,36-37,39-40H,7-10,17,19-24,26-27H2,1-6H3/t29-,31+,36-,37-,39+,40-,45+,46-/m0/s1. The molecule has 8 atom stereocenters. The minimum atomic E-state index is -0.368. The monoisotopic (exact) mass is 786 g/mol. The predicted octanol–water partition coefficient (Wildman–Crippen LogP) is 12.4. The second kappa shape index (κ2) is 15.6. The van der Waals surface area contributed by atoms with Gasteiger partial charge in [-0.3, -0.25) is 4.79 Å². The molecule has 1 aromatic heterocycles. The lowest BCUT2D eigenvalue weighted by atomic mass is 9.44. The lowest BCUT2D eigenvalue weighted by molar-refractivity contribution is -0.154. The van der Waals surface area contributed by atoms with E-state index < -0.39 is 0 Å². The molecule has 1 heterocycles. The Bertz CT molecular complexity index is 1880. The van der Waals surface area contributed by atoms with E-state index in [2.05, 4.69) is 56.6 Å². The Labute approximate surface area is 324 Å². The van der Waals surface area contributed by atoms with Crippen LogP contribution in [0.3, 0.4) is 0 Å². The average molecular weight is 788 g/mol. The number of hydrogen-bond donors (Lipinski definition) is 0. The molecule has 0 N–H and O–H groups in total. The summed E-state index contributed by atoms with van der Waals surface area (Å²) >= 11 is 3.41. The van der Waals surface area contributed by atoms with Crippen molar-refractivity contribution in [1.82, 2.24) is 0 Å². The Morgan fingerprint density at radius 2 is 1.74 bits per heavy atom. The molecule has 0 saturated heterocycles. The van der Waals surface area contributed by atoms with Crippen LogP contribution in [0.25, 0.3) is 11.0 Å². The second-order valence-corrected chi connectivity index (χ2v) is 18.9. The van der Waals surface area contributed by atoms with Gasteiger partial charge in [0.1, 0.15) is 28.9 Å². The Morgan fingerprint density at radius 1 is 0.962 bits per heavy atom. The van der Waals surface area contributed by atoms with Crippen molar-refractivity contribution in [3.63, 3.8) is 0 Å². The minimum absolute atomic E-state index is 0.120. The number of aryl methyl sites for hydroxylation is 1. The molecular formula is C46H59BrO6. The maximum Gasteiger partial charge on any atom is 0.344 e. The fraction of sp³-hybridized carbons (Fsp3) is 0.609. The number of rotatable bonds is 11. The zero-order valence-corrected chi connectivity index (χ0v) is 34.3. The minimum Gasteiger partial charge on any atom is -0.482 e. The molecule has 6 nitrogen and oxygen atoms in total. The molecule has 7 rings (SSSR count). The molecule has 7 heteroatoms. The number of carbonyl (C=O) groups is 1. The highest BCUT2D eigenvalue weighted by Gasteiger charge is 2.56. The summed E-state index contributed by atoms with van der Waals surface area (Å²) in [6.07, 6.45) is 17.5. The number of esters is 1. The van der Waals surface area contributed by atoms with E-state index in [0.717, 1.165) is 59.2 Å². The molecule has 3 saturated carbocycles. The summed E-state index contributed by atoms with van der Waals surface area (Å²) in [5, 5.41) is 0.378. The lowest BCUT2D eigenvalue weighted by Crippen LogP contribution is -2.52. The fourth-order valence-corrected chi connectivity index (χ4v) is 11.3. The SMILES string of the molecule is Cc1oc2cc(OCC(=O)O[C@H]3CC[C@@]4(C)C(=CC[C@H]5[C@H]6CC[C@@H]([C@@H](C)CCCC(C)C)C[C@@]6(C)CC[C@@H]54)C3)ccc2c(=O)c1Oc1ccc(Br)cc1. The first-order valence-corrected chi connectivity index (χ1v) is 21.1. The van der Waals surface area contributed by atoms with Crippen molar-refractivity contribution in [2.75, 3.05) is 6.61 Å². The van der Waals surface area contributed by atoms with E-state index in [9.17, 15) is 9.59 Å². The first-order chi connectivity index (χ1) is 25.3. The van der Waals surface area contributed by atoms with Crippen molar-refractivity contribution >= 4 is 32.9 Å². The van der Waals surface area contributed by atoms with Gasteiger partial charge in [0.05, 0.1) is 5.39 Å². The third-order valence-corrected chi connectivity index (χ3v) is 14.6. The molecule has 3 fully saturated rings. The van der Waals surface area contributed by atoms with Crippen LogP contribution in [0.15, 0.2) is 67.8 Å². The molecule has 4 aliphatic rings. The van der Waals surface area contributed by atoms with Crippen molar-refractivity contribution < 1.29 is 23.4 Å².